The quantitative estimate of drug-likeness (QED) is 0.825. The Kier molecular flexibility index (Phi) is 5.70. The Labute approximate surface area is 136 Å². The lowest BCUT2D eigenvalue weighted by Gasteiger charge is -2.14. The van der Waals surface area contributed by atoms with Crippen molar-refractivity contribution in [2.24, 2.45) is 0 Å². The summed E-state index contributed by atoms with van der Waals surface area (Å²) in [4.78, 5) is 15.7. The van der Waals surface area contributed by atoms with E-state index in [2.05, 4.69) is 10.3 Å². The number of carbonyl (C=O) groups excluding carboxylic acids is 1. The van der Waals surface area contributed by atoms with E-state index in [-0.39, 0.29) is 12.1 Å². The van der Waals surface area contributed by atoms with Crippen LogP contribution in [0.4, 0.5) is 13.2 Å². The zero-order valence-corrected chi connectivity index (χ0v) is 12.5. The van der Waals surface area contributed by atoms with Crippen LogP contribution in [0.25, 0.3) is 6.08 Å². The van der Waals surface area contributed by atoms with Crippen molar-refractivity contribution in [2.45, 2.75) is 12.3 Å². The Morgan fingerprint density at radius 2 is 2.04 bits per heavy atom. The molecule has 1 aromatic carbocycles. The molecule has 1 atom stereocenters. The van der Waals surface area contributed by atoms with Gasteiger partial charge in [-0.3, -0.25) is 9.78 Å². The predicted octanol–water partition coefficient (Wildman–Crippen LogP) is 2.96. The summed E-state index contributed by atoms with van der Waals surface area (Å²) in [5.41, 5.74) is -0.176. The number of amides is 1. The minimum Gasteiger partial charge on any atom is -0.387 e. The highest BCUT2D eigenvalue weighted by Crippen LogP contribution is 2.30. The van der Waals surface area contributed by atoms with Crippen molar-refractivity contribution in [1.29, 1.82) is 0 Å². The molecule has 126 valence electrons. The molecule has 0 bridgehead atoms. The number of aliphatic hydroxyl groups excluding tert-OH is 1. The number of halogens is 3. The molecule has 1 unspecified atom stereocenters. The lowest BCUT2D eigenvalue weighted by molar-refractivity contribution is -0.137. The molecule has 2 N–H and O–H groups in total. The van der Waals surface area contributed by atoms with Gasteiger partial charge in [-0.15, -0.1) is 0 Å². The topological polar surface area (TPSA) is 62.2 Å². The summed E-state index contributed by atoms with van der Waals surface area (Å²) in [5, 5.41) is 12.4. The first-order valence-corrected chi connectivity index (χ1v) is 7.08. The second-order valence-electron chi connectivity index (χ2n) is 4.97. The number of benzene rings is 1. The van der Waals surface area contributed by atoms with Crippen molar-refractivity contribution >= 4 is 12.0 Å². The Balaban J connectivity index is 1.92. The molecule has 0 saturated heterocycles. The molecule has 4 nitrogen and oxygen atoms in total. The van der Waals surface area contributed by atoms with Gasteiger partial charge in [-0.25, -0.2) is 0 Å². The molecular formula is C17H15F3N2O2. The Morgan fingerprint density at radius 1 is 1.25 bits per heavy atom. The Hall–Kier alpha value is -2.67. The van der Waals surface area contributed by atoms with Gasteiger partial charge in [0, 0.05) is 18.8 Å². The predicted molar refractivity (Wildman–Crippen MR) is 82.7 cm³/mol. The first-order chi connectivity index (χ1) is 11.4. The molecule has 1 aromatic heterocycles. The highest BCUT2D eigenvalue weighted by atomic mass is 19.4. The molecule has 0 aliphatic carbocycles. The second kappa shape index (κ2) is 7.74. The summed E-state index contributed by atoms with van der Waals surface area (Å²) in [6.45, 7) is -0.202. The molecule has 0 aliphatic heterocycles. The van der Waals surface area contributed by atoms with Gasteiger partial charge in [-0.1, -0.05) is 18.2 Å². The van der Waals surface area contributed by atoms with E-state index < -0.39 is 23.8 Å². The molecule has 0 spiro atoms. The van der Waals surface area contributed by atoms with Gasteiger partial charge in [0.1, 0.15) is 0 Å². The maximum absolute atomic E-state index is 12.6. The Morgan fingerprint density at radius 3 is 2.71 bits per heavy atom. The highest BCUT2D eigenvalue weighted by Gasteiger charge is 2.30. The average molecular weight is 336 g/mol. The zero-order valence-electron chi connectivity index (χ0n) is 12.5. The van der Waals surface area contributed by atoms with Crippen LogP contribution >= 0.6 is 0 Å². The van der Waals surface area contributed by atoms with Gasteiger partial charge >= 0.3 is 6.18 Å². The van der Waals surface area contributed by atoms with E-state index in [4.69, 9.17) is 0 Å². The van der Waals surface area contributed by atoms with E-state index in [0.29, 0.717) is 5.69 Å². The van der Waals surface area contributed by atoms with Crippen molar-refractivity contribution in [3.63, 3.8) is 0 Å². The standard InChI is InChI=1S/C17H15F3N2O2/c18-17(19,20)13-5-3-4-12(10-13)15(23)11-22-16(24)8-7-14-6-1-2-9-21-14/h1-10,15,23H,11H2,(H,22,24)/b8-7+. The molecule has 1 amide bonds. The lowest BCUT2D eigenvalue weighted by Crippen LogP contribution is -2.26. The molecule has 24 heavy (non-hydrogen) atoms. The van der Waals surface area contributed by atoms with E-state index in [0.717, 1.165) is 12.1 Å². The summed E-state index contributed by atoms with van der Waals surface area (Å²) in [6, 6.07) is 9.58. The first kappa shape index (κ1) is 17.7. The Bertz CT molecular complexity index is 715. The number of rotatable bonds is 5. The van der Waals surface area contributed by atoms with Gasteiger partial charge in [0.25, 0.3) is 0 Å². The molecule has 7 heteroatoms. The third-order valence-electron chi connectivity index (χ3n) is 3.16. The number of hydrogen-bond donors (Lipinski definition) is 2. The van der Waals surface area contributed by atoms with Crippen LogP contribution in [-0.4, -0.2) is 22.5 Å². The third-order valence-corrected chi connectivity index (χ3v) is 3.16. The number of carbonyl (C=O) groups is 1. The van der Waals surface area contributed by atoms with Crippen LogP contribution in [-0.2, 0) is 11.0 Å². The van der Waals surface area contributed by atoms with E-state index in [1.54, 1.807) is 24.4 Å². The van der Waals surface area contributed by atoms with Gasteiger partial charge < -0.3 is 10.4 Å². The van der Waals surface area contributed by atoms with E-state index >= 15 is 0 Å². The summed E-state index contributed by atoms with van der Waals surface area (Å²) in [7, 11) is 0. The number of aliphatic hydroxyl groups is 1. The summed E-state index contributed by atoms with van der Waals surface area (Å²) in [6.07, 6.45) is -1.41. The van der Waals surface area contributed by atoms with Crippen LogP contribution < -0.4 is 5.32 Å². The van der Waals surface area contributed by atoms with Gasteiger partial charge in [0.15, 0.2) is 0 Å². The van der Waals surface area contributed by atoms with Crippen molar-refractivity contribution in [3.05, 3.63) is 71.6 Å². The average Bonchev–Trinajstić information content (AvgIpc) is 2.58. The summed E-state index contributed by atoms with van der Waals surface area (Å²) in [5.74, 6) is -0.480. The van der Waals surface area contributed by atoms with Crippen LogP contribution in [0.3, 0.4) is 0 Å². The minimum atomic E-state index is -4.48. The molecule has 0 fully saturated rings. The van der Waals surface area contributed by atoms with Gasteiger partial charge in [-0.2, -0.15) is 13.2 Å². The van der Waals surface area contributed by atoms with Crippen LogP contribution in [0.5, 0.6) is 0 Å². The second-order valence-corrected chi connectivity index (χ2v) is 4.97. The molecule has 2 aromatic rings. The normalized spacial score (nSPS) is 13.0. The fourth-order valence-corrected chi connectivity index (χ4v) is 1.93. The van der Waals surface area contributed by atoms with Crippen molar-refractivity contribution in [2.75, 3.05) is 6.54 Å². The molecule has 0 saturated carbocycles. The van der Waals surface area contributed by atoms with E-state index in [9.17, 15) is 23.1 Å². The van der Waals surface area contributed by atoms with Gasteiger partial charge in [0.2, 0.25) is 5.91 Å². The van der Waals surface area contributed by atoms with Crippen molar-refractivity contribution < 1.29 is 23.1 Å². The van der Waals surface area contributed by atoms with Crippen molar-refractivity contribution in [3.8, 4) is 0 Å². The van der Waals surface area contributed by atoms with Crippen LogP contribution in [0.15, 0.2) is 54.7 Å². The maximum Gasteiger partial charge on any atom is 0.416 e. The maximum atomic E-state index is 12.6. The number of aromatic nitrogens is 1. The molecule has 1 heterocycles. The summed E-state index contributed by atoms with van der Waals surface area (Å²) >= 11 is 0. The van der Waals surface area contributed by atoms with E-state index in [1.165, 1.54) is 24.3 Å². The lowest BCUT2D eigenvalue weighted by atomic mass is 10.1. The fourth-order valence-electron chi connectivity index (χ4n) is 1.93. The van der Waals surface area contributed by atoms with Crippen LogP contribution in [0.2, 0.25) is 0 Å². The number of nitrogens with zero attached hydrogens (tertiary/aromatic N) is 1. The minimum absolute atomic E-state index is 0.0823. The van der Waals surface area contributed by atoms with E-state index in [1.807, 2.05) is 0 Å². The van der Waals surface area contributed by atoms with Gasteiger partial charge in [0.05, 0.1) is 17.4 Å². The zero-order chi connectivity index (χ0) is 17.6. The van der Waals surface area contributed by atoms with Crippen LogP contribution in [0.1, 0.15) is 22.9 Å². The van der Waals surface area contributed by atoms with Crippen molar-refractivity contribution in [1.82, 2.24) is 10.3 Å². The highest BCUT2D eigenvalue weighted by molar-refractivity contribution is 5.91. The molecule has 0 aliphatic rings. The number of pyridine rings is 1. The molecular weight excluding hydrogens is 321 g/mol. The number of alkyl halides is 3. The monoisotopic (exact) mass is 336 g/mol. The number of hydrogen-bond acceptors (Lipinski definition) is 3. The first-order valence-electron chi connectivity index (χ1n) is 7.08. The summed E-state index contributed by atoms with van der Waals surface area (Å²) < 4.78 is 37.9. The largest absolute Gasteiger partial charge is 0.416 e. The third kappa shape index (κ3) is 5.20. The molecule has 0 radical (unpaired) electrons. The fraction of sp³-hybridized carbons (Fsp3) is 0.176. The SMILES string of the molecule is O=C(/C=C/c1ccccn1)NCC(O)c1cccc(C(F)(F)F)c1. The number of nitrogens with one attached hydrogen (secondary N) is 1. The van der Waals surface area contributed by atoms with Gasteiger partial charge in [-0.05, 0) is 35.9 Å². The van der Waals surface area contributed by atoms with Crippen LogP contribution in [0, 0.1) is 0 Å². The smallest absolute Gasteiger partial charge is 0.387 e. The molecule has 2 rings (SSSR count).